The largest absolute Gasteiger partial charge is 0.466 e. The second-order valence-corrected chi connectivity index (χ2v) is 1.87. The van der Waals surface area contributed by atoms with Gasteiger partial charge in [-0.15, -0.1) is 0 Å². The Morgan fingerprint density at radius 2 is 2.55 bits per heavy atom. The summed E-state index contributed by atoms with van der Waals surface area (Å²) in [4.78, 5) is 10.6. The van der Waals surface area contributed by atoms with Gasteiger partial charge in [-0.05, 0) is 18.2 Å². The average molecular weight is 152 g/mol. The molecule has 11 heavy (non-hydrogen) atoms. The molecular formula is C8H8O3. The molecule has 0 N–H and O–H groups in total. The number of carbonyl (C=O) groups excluding carboxylic acids is 1. The van der Waals surface area contributed by atoms with E-state index in [9.17, 15) is 4.79 Å². The van der Waals surface area contributed by atoms with E-state index in [-0.39, 0.29) is 5.97 Å². The van der Waals surface area contributed by atoms with Gasteiger partial charge < -0.3 is 9.15 Å². The lowest BCUT2D eigenvalue weighted by atomic mass is 10.4. The second kappa shape index (κ2) is 3.61. The summed E-state index contributed by atoms with van der Waals surface area (Å²) >= 11 is 0. The third-order valence-electron chi connectivity index (χ3n) is 1.13. The number of methoxy groups -OCH3 is 1. The second-order valence-electron chi connectivity index (χ2n) is 1.87. The molecule has 0 aliphatic rings. The standard InChI is InChI=1S/C8H8O3/c1-10-8(9)5-4-7-3-2-6-11-7/h2-6H,1H3/b5-4-. The number of hydrogen-bond donors (Lipinski definition) is 0. The highest BCUT2D eigenvalue weighted by Gasteiger charge is 1.91. The van der Waals surface area contributed by atoms with Gasteiger partial charge in [-0.1, -0.05) is 0 Å². The van der Waals surface area contributed by atoms with E-state index in [4.69, 9.17) is 4.42 Å². The average Bonchev–Trinajstić information content (AvgIpc) is 2.52. The Bertz CT molecular complexity index is 246. The SMILES string of the molecule is COC(=O)/C=C\c1ccco1. The van der Waals surface area contributed by atoms with Gasteiger partial charge in [-0.3, -0.25) is 0 Å². The molecule has 0 saturated heterocycles. The van der Waals surface area contributed by atoms with E-state index in [0.29, 0.717) is 5.76 Å². The molecule has 1 aromatic rings. The molecule has 0 aromatic carbocycles. The van der Waals surface area contributed by atoms with Crippen molar-refractivity contribution < 1.29 is 13.9 Å². The van der Waals surface area contributed by atoms with Gasteiger partial charge in [0.05, 0.1) is 13.4 Å². The fourth-order valence-electron chi connectivity index (χ4n) is 0.604. The molecule has 0 aliphatic heterocycles. The summed E-state index contributed by atoms with van der Waals surface area (Å²) in [5.74, 6) is 0.247. The highest BCUT2D eigenvalue weighted by molar-refractivity contribution is 5.86. The Kier molecular flexibility index (Phi) is 2.49. The Labute approximate surface area is 64.3 Å². The molecule has 58 valence electrons. The molecule has 0 fully saturated rings. The van der Waals surface area contributed by atoms with E-state index in [2.05, 4.69) is 4.74 Å². The number of furan rings is 1. The van der Waals surface area contributed by atoms with Crippen LogP contribution in [0, 0.1) is 0 Å². The number of rotatable bonds is 2. The number of esters is 1. The van der Waals surface area contributed by atoms with E-state index < -0.39 is 0 Å². The van der Waals surface area contributed by atoms with Crippen LogP contribution in [0.25, 0.3) is 6.08 Å². The first-order valence-electron chi connectivity index (χ1n) is 3.12. The molecule has 0 bridgehead atoms. The summed E-state index contributed by atoms with van der Waals surface area (Å²) in [5.41, 5.74) is 0. The van der Waals surface area contributed by atoms with Crippen LogP contribution in [-0.4, -0.2) is 13.1 Å². The molecule has 1 aromatic heterocycles. The van der Waals surface area contributed by atoms with Crippen molar-refractivity contribution in [2.75, 3.05) is 7.11 Å². The van der Waals surface area contributed by atoms with Crippen LogP contribution in [0.2, 0.25) is 0 Å². The van der Waals surface area contributed by atoms with Crippen LogP contribution in [0.1, 0.15) is 5.76 Å². The Morgan fingerprint density at radius 3 is 3.09 bits per heavy atom. The molecule has 3 nitrogen and oxygen atoms in total. The lowest BCUT2D eigenvalue weighted by molar-refractivity contribution is -0.134. The molecule has 0 atom stereocenters. The predicted octanol–water partition coefficient (Wildman–Crippen LogP) is 1.47. The van der Waals surface area contributed by atoms with Gasteiger partial charge in [-0.25, -0.2) is 4.79 Å². The van der Waals surface area contributed by atoms with Crippen LogP contribution in [0.3, 0.4) is 0 Å². The molecule has 0 aliphatic carbocycles. The first-order valence-corrected chi connectivity index (χ1v) is 3.12. The summed E-state index contributed by atoms with van der Waals surface area (Å²) < 4.78 is 9.31. The van der Waals surface area contributed by atoms with Gasteiger partial charge >= 0.3 is 5.97 Å². The fourth-order valence-corrected chi connectivity index (χ4v) is 0.604. The van der Waals surface area contributed by atoms with Crippen LogP contribution in [0.4, 0.5) is 0 Å². The van der Waals surface area contributed by atoms with Crippen molar-refractivity contribution in [3.63, 3.8) is 0 Å². The maximum atomic E-state index is 10.6. The Morgan fingerprint density at radius 1 is 1.73 bits per heavy atom. The molecule has 0 amide bonds. The number of carbonyl (C=O) groups is 1. The van der Waals surface area contributed by atoms with Crippen molar-refractivity contribution in [3.05, 3.63) is 30.2 Å². The summed E-state index contributed by atoms with van der Waals surface area (Å²) in [7, 11) is 1.33. The molecule has 0 saturated carbocycles. The van der Waals surface area contributed by atoms with Gasteiger partial charge in [0.1, 0.15) is 5.76 Å². The number of hydrogen-bond acceptors (Lipinski definition) is 3. The van der Waals surface area contributed by atoms with Crippen molar-refractivity contribution >= 4 is 12.0 Å². The van der Waals surface area contributed by atoms with E-state index in [1.807, 2.05) is 0 Å². The lowest BCUT2D eigenvalue weighted by Crippen LogP contribution is -1.92. The van der Waals surface area contributed by atoms with Crippen LogP contribution in [0.15, 0.2) is 28.9 Å². The monoisotopic (exact) mass is 152 g/mol. The molecule has 3 heteroatoms. The smallest absolute Gasteiger partial charge is 0.330 e. The first-order chi connectivity index (χ1) is 5.33. The van der Waals surface area contributed by atoms with E-state index in [1.165, 1.54) is 19.4 Å². The van der Waals surface area contributed by atoms with E-state index >= 15 is 0 Å². The summed E-state index contributed by atoms with van der Waals surface area (Å²) in [6.07, 6.45) is 4.39. The van der Waals surface area contributed by atoms with Crippen molar-refractivity contribution in [1.29, 1.82) is 0 Å². The highest BCUT2D eigenvalue weighted by atomic mass is 16.5. The van der Waals surface area contributed by atoms with Gasteiger partial charge in [0.25, 0.3) is 0 Å². The number of ether oxygens (including phenoxy) is 1. The normalized spacial score (nSPS) is 10.3. The quantitative estimate of drug-likeness (QED) is 0.475. The maximum absolute atomic E-state index is 10.6. The first kappa shape index (κ1) is 7.60. The zero-order valence-corrected chi connectivity index (χ0v) is 6.11. The van der Waals surface area contributed by atoms with Crippen molar-refractivity contribution in [3.8, 4) is 0 Å². The topological polar surface area (TPSA) is 39.4 Å². The molecule has 0 unspecified atom stereocenters. The molecule has 0 spiro atoms. The molecule has 0 radical (unpaired) electrons. The summed E-state index contributed by atoms with van der Waals surface area (Å²) in [6.45, 7) is 0. The van der Waals surface area contributed by atoms with Gasteiger partial charge in [0.2, 0.25) is 0 Å². The van der Waals surface area contributed by atoms with Gasteiger partial charge in [0.15, 0.2) is 0 Å². The van der Waals surface area contributed by atoms with Crippen molar-refractivity contribution in [1.82, 2.24) is 0 Å². The third-order valence-corrected chi connectivity index (χ3v) is 1.13. The minimum atomic E-state index is -0.388. The van der Waals surface area contributed by atoms with Crippen LogP contribution in [0.5, 0.6) is 0 Å². The maximum Gasteiger partial charge on any atom is 0.330 e. The zero-order valence-electron chi connectivity index (χ0n) is 6.11. The van der Waals surface area contributed by atoms with Crippen LogP contribution >= 0.6 is 0 Å². The minimum Gasteiger partial charge on any atom is -0.466 e. The fraction of sp³-hybridized carbons (Fsp3) is 0.125. The van der Waals surface area contributed by atoms with Gasteiger partial charge in [0, 0.05) is 6.08 Å². The van der Waals surface area contributed by atoms with E-state index in [1.54, 1.807) is 18.2 Å². The van der Waals surface area contributed by atoms with Crippen molar-refractivity contribution in [2.24, 2.45) is 0 Å². The molecule has 1 rings (SSSR count). The summed E-state index contributed by atoms with van der Waals surface area (Å²) in [5, 5.41) is 0. The van der Waals surface area contributed by atoms with Crippen LogP contribution in [-0.2, 0) is 9.53 Å². The zero-order chi connectivity index (χ0) is 8.10. The third kappa shape index (κ3) is 2.29. The Hall–Kier alpha value is -1.51. The molecule has 1 heterocycles. The highest BCUT2D eigenvalue weighted by Crippen LogP contribution is 2.01. The minimum absolute atomic E-state index is 0.388. The Balaban J connectivity index is 2.55. The van der Waals surface area contributed by atoms with E-state index in [0.717, 1.165) is 0 Å². The van der Waals surface area contributed by atoms with Crippen molar-refractivity contribution in [2.45, 2.75) is 0 Å². The van der Waals surface area contributed by atoms with Gasteiger partial charge in [-0.2, -0.15) is 0 Å². The predicted molar refractivity (Wildman–Crippen MR) is 39.8 cm³/mol. The lowest BCUT2D eigenvalue weighted by Gasteiger charge is -1.87. The van der Waals surface area contributed by atoms with Crippen LogP contribution < -0.4 is 0 Å². The summed E-state index contributed by atoms with van der Waals surface area (Å²) in [6, 6.07) is 3.50. The molecular weight excluding hydrogens is 144 g/mol.